The molecule has 1 N–H and O–H groups in total. The van der Waals surface area contributed by atoms with Crippen molar-refractivity contribution in [2.24, 2.45) is 0 Å². The van der Waals surface area contributed by atoms with E-state index >= 15 is 0 Å². The molecular weight excluding hydrogens is 428 g/mol. The van der Waals surface area contributed by atoms with E-state index in [0.717, 1.165) is 18.4 Å². The predicted molar refractivity (Wildman–Crippen MR) is 114 cm³/mol. The number of hydrogen-bond donors (Lipinski definition) is 1. The molecule has 2 aromatic rings. The topological polar surface area (TPSA) is 114 Å². The quantitative estimate of drug-likeness (QED) is 0.476. The Morgan fingerprint density at radius 2 is 2.23 bits per heavy atom. The number of rotatable bonds is 8. The van der Waals surface area contributed by atoms with Crippen molar-refractivity contribution < 1.29 is 17.9 Å². The van der Waals surface area contributed by atoms with Crippen LogP contribution in [0.2, 0.25) is 0 Å². The van der Waals surface area contributed by atoms with Crippen molar-refractivity contribution in [3.05, 3.63) is 39.8 Å². The van der Waals surface area contributed by atoms with Crippen molar-refractivity contribution >= 4 is 33.3 Å². The Bertz CT molecular complexity index is 1100. The fourth-order valence-corrected chi connectivity index (χ4v) is 5.78. The SMILES string of the molecule is CCS(=O)(=O)N1CCc2cc(C(=O)CSc3n[nH]c(=O)n3CC3CCCO3)ccc21. The second-order valence-electron chi connectivity index (χ2n) is 7.34. The molecule has 1 unspecified atom stereocenters. The summed E-state index contributed by atoms with van der Waals surface area (Å²) in [6.45, 7) is 3.15. The van der Waals surface area contributed by atoms with Crippen LogP contribution in [0, 0.1) is 0 Å². The Morgan fingerprint density at radius 3 is 2.97 bits per heavy atom. The Morgan fingerprint density at radius 1 is 1.40 bits per heavy atom. The third kappa shape index (κ3) is 4.19. The highest BCUT2D eigenvalue weighted by Gasteiger charge is 2.28. The third-order valence-corrected chi connectivity index (χ3v) is 8.18. The van der Waals surface area contributed by atoms with E-state index in [1.165, 1.54) is 20.6 Å². The van der Waals surface area contributed by atoms with E-state index in [4.69, 9.17) is 4.74 Å². The summed E-state index contributed by atoms with van der Waals surface area (Å²) < 4.78 is 32.9. The highest BCUT2D eigenvalue weighted by molar-refractivity contribution is 7.99. The van der Waals surface area contributed by atoms with Crippen LogP contribution in [-0.4, -0.2) is 59.7 Å². The van der Waals surface area contributed by atoms with E-state index in [1.807, 2.05) is 0 Å². The molecule has 1 aromatic heterocycles. The number of Topliss-reactive ketones (excluding diaryl/α,β-unsaturated/α-hetero) is 1. The zero-order chi connectivity index (χ0) is 21.3. The maximum atomic E-state index is 12.7. The first kappa shape index (κ1) is 21.1. The van der Waals surface area contributed by atoms with Crippen LogP contribution >= 0.6 is 11.8 Å². The van der Waals surface area contributed by atoms with Crippen molar-refractivity contribution in [1.82, 2.24) is 14.8 Å². The zero-order valence-corrected chi connectivity index (χ0v) is 18.3. The van der Waals surface area contributed by atoms with Gasteiger partial charge in [0.05, 0.1) is 29.8 Å². The molecule has 162 valence electrons. The summed E-state index contributed by atoms with van der Waals surface area (Å²) in [4.78, 5) is 24.8. The number of ether oxygens (including phenoxy) is 1. The molecule has 1 saturated heterocycles. The molecule has 30 heavy (non-hydrogen) atoms. The molecule has 0 radical (unpaired) electrons. The van der Waals surface area contributed by atoms with Gasteiger partial charge in [0.1, 0.15) is 0 Å². The van der Waals surface area contributed by atoms with E-state index in [-0.39, 0.29) is 29.1 Å². The summed E-state index contributed by atoms with van der Waals surface area (Å²) in [5.41, 5.74) is 1.73. The lowest BCUT2D eigenvalue weighted by Crippen LogP contribution is -2.30. The van der Waals surface area contributed by atoms with Crippen molar-refractivity contribution in [2.45, 2.75) is 44.0 Å². The fraction of sp³-hybridized carbons (Fsp3) is 0.526. The van der Waals surface area contributed by atoms with Crippen molar-refractivity contribution in [3.63, 3.8) is 0 Å². The number of carbonyl (C=O) groups excluding carboxylic acids is 1. The monoisotopic (exact) mass is 452 g/mol. The molecule has 0 aliphatic carbocycles. The maximum Gasteiger partial charge on any atom is 0.344 e. The largest absolute Gasteiger partial charge is 0.376 e. The van der Waals surface area contributed by atoms with Gasteiger partial charge in [-0.25, -0.2) is 18.3 Å². The number of carbonyl (C=O) groups is 1. The number of benzene rings is 1. The summed E-state index contributed by atoms with van der Waals surface area (Å²) >= 11 is 1.21. The predicted octanol–water partition coefficient (Wildman–Crippen LogP) is 1.44. The van der Waals surface area contributed by atoms with Crippen LogP contribution in [0.3, 0.4) is 0 Å². The van der Waals surface area contributed by atoms with Crippen molar-refractivity contribution in [1.29, 1.82) is 0 Å². The number of nitrogens with one attached hydrogen (secondary N) is 1. The maximum absolute atomic E-state index is 12.7. The van der Waals surface area contributed by atoms with E-state index in [0.29, 0.717) is 42.5 Å². The minimum Gasteiger partial charge on any atom is -0.376 e. The summed E-state index contributed by atoms with van der Waals surface area (Å²) in [6.07, 6.45) is 2.46. The fourth-order valence-electron chi connectivity index (χ4n) is 3.77. The van der Waals surface area contributed by atoms with Gasteiger partial charge in [0.2, 0.25) is 10.0 Å². The van der Waals surface area contributed by atoms with Gasteiger partial charge in [0, 0.05) is 18.7 Å². The first-order valence-electron chi connectivity index (χ1n) is 9.95. The van der Waals surface area contributed by atoms with Gasteiger partial charge >= 0.3 is 5.69 Å². The number of fused-ring (bicyclic) bond motifs is 1. The summed E-state index contributed by atoms with van der Waals surface area (Å²) in [5, 5.41) is 6.94. The highest BCUT2D eigenvalue weighted by atomic mass is 32.2. The molecular formula is C19H24N4O5S2. The second kappa shape index (κ2) is 8.56. The van der Waals surface area contributed by atoms with Gasteiger partial charge in [-0.1, -0.05) is 11.8 Å². The first-order chi connectivity index (χ1) is 14.4. The molecule has 4 rings (SSSR count). The summed E-state index contributed by atoms with van der Waals surface area (Å²) in [5.74, 6) is 0.0748. The lowest BCUT2D eigenvalue weighted by molar-refractivity contribution is 0.0941. The molecule has 1 fully saturated rings. The van der Waals surface area contributed by atoms with E-state index in [9.17, 15) is 18.0 Å². The Hall–Kier alpha value is -2.11. The molecule has 11 heteroatoms. The molecule has 1 aromatic carbocycles. The number of ketones is 1. The molecule has 1 atom stereocenters. The van der Waals surface area contributed by atoms with Gasteiger partial charge in [-0.2, -0.15) is 0 Å². The van der Waals surface area contributed by atoms with Crippen LogP contribution in [0.25, 0.3) is 0 Å². The smallest absolute Gasteiger partial charge is 0.344 e. The first-order valence-corrected chi connectivity index (χ1v) is 12.5. The summed E-state index contributed by atoms with van der Waals surface area (Å²) in [6, 6.07) is 5.14. The molecule has 0 spiro atoms. The highest BCUT2D eigenvalue weighted by Crippen LogP contribution is 2.31. The molecule has 2 aliphatic heterocycles. The average molecular weight is 453 g/mol. The van der Waals surface area contributed by atoms with E-state index < -0.39 is 10.0 Å². The summed E-state index contributed by atoms with van der Waals surface area (Å²) in [7, 11) is -3.31. The Labute approximate surface area is 178 Å². The number of nitrogens with zero attached hydrogens (tertiary/aromatic N) is 3. The minimum absolute atomic E-state index is 0.00518. The van der Waals surface area contributed by atoms with E-state index in [1.54, 1.807) is 25.1 Å². The molecule has 2 aliphatic rings. The average Bonchev–Trinajstić information content (AvgIpc) is 3.47. The van der Waals surface area contributed by atoms with Gasteiger partial charge < -0.3 is 4.74 Å². The van der Waals surface area contributed by atoms with Gasteiger partial charge in [0.25, 0.3) is 0 Å². The van der Waals surface area contributed by atoms with Crippen LogP contribution in [0.15, 0.2) is 28.2 Å². The standard InChI is InChI=1S/C19H24N4O5S2/c1-2-30(26,27)23-8-7-13-10-14(5-6-16(13)23)17(24)12-29-19-21-20-18(25)22(19)11-15-4-3-9-28-15/h5-6,10,15H,2-4,7-9,11-12H2,1H3,(H,20,25). The number of hydrogen-bond acceptors (Lipinski definition) is 7. The normalized spacial score (nSPS) is 18.7. The third-order valence-electron chi connectivity index (χ3n) is 5.42. The molecule has 0 amide bonds. The van der Waals surface area contributed by atoms with Gasteiger partial charge in [-0.15, -0.1) is 5.10 Å². The van der Waals surface area contributed by atoms with Crippen molar-refractivity contribution in [2.75, 3.05) is 29.0 Å². The van der Waals surface area contributed by atoms with E-state index in [2.05, 4.69) is 10.2 Å². The van der Waals surface area contributed by atoms with Crippen LogP contribution < -0.4 is 9.99 Å². The minimum atomic E-state index is -3.31. The lowest BCUT2D eigenvalue weighted by atomic mass is 10.1. The number of aromatic amines is 1. The van der Waals surface area contributed by atoms with Gasteiger partial charge in [-0.3, -0.25) is 13.7 Å². The number of sulfonamides is 1. The molecule has 3 heterocycles. The van der Waals surface area contributed by atoms with Gasteiger partial charge in [-0.05, 0) is 49.9 Å². The molecule has 0 saturated carbocycles. The number of aromatic nitrogens is 3. The zero-order valence-electron chi connectivity index (χ0n) is 16.7. The Balaban J connectivity index is 1.44. The van der Waals surface area contributed by atoms with Crippen LogP contribution in [0.1, 0.15) is 35.7 Å². The molecule has 0 bridgehead atoms. The van der Waals surface area contributed by atoms with Crippen molar-refractivity contribution in [3.8, 4) is 0 Å². The van der Waals surface area contributed by atoms with Crippen LogP contribution in [-0.2, 0) is 27.7 Å². The van der Waals surface area contributed by atoms with Crippen LogP contribution in [0.5, 0.6) is 0 Å². The second-order valence-corrected chi connectivity index (χ2v) is 10.5. The lowest BCUT2D eigenvalue weighted by Gasteiger charge is -2.18. The number of thioether (sulfide) groups is 1. The number of anilines is 1. The van der Waals surface area contributed by atoms with Gasteiger partial charge in [0.15, 0.2) is 10.9 Å². The Kier molecular flexibility index (Phi) is 6.03. The molecule has 9 nitrogen and oxygen atoms in total. The number of H-pyrrole nitrogens is 1. The van der Waals surface area contributed by atoms with Crippen LogP contribution in [0.4, 0.5) is 5.69 Å².